The summed E-state index contributed by atoms with van der Waals surface area (Å²) in [5, 5.41) is 5.52. The van der Waals surface area contributed by atoms with Gasteiger partial charge in [0.25, 0.3) is 0 Å². The lowest BCUT2D eigenvalue weighted by Gasteiger charge is -2.37. The number of amides is 3. The average molecular weight is 540 g/mol. The SMILES string of the molecule is CC[C@@H](C)CN(CC(=O)N1CCc2sccc2[C@H]1COc1ccc(C)cc1)C(=O)Nc1cccc(Cl)c1. The number of rotatable bonds is 9. The first-order chi connectivity index (χ1) is 17.8. The van der Waals surface area contributed by atoms with Crippen LogP contribution in [0.3, 0.4) is 0 Å². The first kappa shape index (κ1) is 27.0. The number of ether oxygens (including phenoxy) is 1. The fourth-order valence-electron chi connectivity index (χ4n) is 4.43. The standard InChI is InChI=1S/C29H34ClN3O3S/c1-4-20(2)17-32(29(35)31-23-7-5-6-22(30)16-23)18-28(34)33-14-12-27-25(13-15-37-27)26(33)19-36-24-10-8-21(3)9-11-24/h5-11,13,15-16,20,26H,4,12,14,17-19H2,1-3H3,(H,31,35)/t20-,26-/m1/s1. The van der Waals surface area contributed by atoms with Crippen molar-refractivity contribution in [2.45, 2.75) is 39.7 Å². The number of anilines is 1. The molecule has 3 aromatic rings. The summed E-state index contributed by atoms with van der Waals surface area (Å²) in [4.78, 5) is 31.7. The number of benzene rings is 2. The van der Waals surface area contributed by atoms with Crippen molar-refractivity contribution in [2.75, 3.05) is 31.6 Å². The zero-order valence-corrected chi connectivity index (χ0v) is 23.1. The Kier molecular flexibility index (Phi) is 9.11. The summed E-state index contributed by atoms with van der Waals surface area (Å²) < 4.78 is 6.14. The minimum Gasteiger partial charge on any atom is -0.491 e. The molecule has 2 heterocycles. The second-order valence-electron chi connectivity index (χ2n) is 9.61. The number of nitrogens with one attached hydrogen (secondary N) is 1. The van der Waals surface area contributed by atoms with E-state index in [4.69, 9.17) is 16.3 Å². The largest absolute Gasteiger partial charge is 0.491 e. The lowest BCUT2D eigenvalue weighted by Crippen LogP contribution is -2.49. The molecule has 8 heteroatoms. The Labute approximate surface area is 228 Å². The molecule has 0 fully saturated rings. The topological polar surface area (TPSA) is 61.9 Å². The van der Waals surface area contributed by atoms with Crippen LogP contribution in [-0.4, -0.2) is 48.0 Å². The van der Waals surface area contributed by atoms with E-state index in [1.807, 2.05) is 36.1 Å². The van der Waals surface area contributed by atoms with E-state index < -0.39 is 0 Å². The molecule has 1 aliphatic heterocycles. The van der Waals surface area contributed by atoms with Crippen molar-refractivity contribution in [3.8, 4) is 5.75 Å². The molecular weight excluding hydrogens is 506 g/mol. The Bertz CT molecular complexity index is 1210. The normalized spacial score (nSPS) is 15.6. The number of carbonyl (C=O) groups excluding carboxylic acids is 2. The van der Waals surface area contributed by atoms with Crippen LogP contribution in [0.5, 0.6) is 5.75 Å². The van der Waals surface area contributed by atoms with Crippen molar-refractivity contribution < 1.29 is 14.3 Å². The number of nitrogens with zero attached hydrogens (tertiary/aromatic N) is 2. The number of halogens is 1. The molecule has 0 aliphatic carbocycles. The van der Waals surface area contributed by atoms with Gasteiger partial charge in [0, 0.05) is 28.7 Å². The Hall–Kier alpha value is -3.03. The highest BCUT2D eigenvalue weighted by molar-refractivity contribution is 7.10. The summed E-state index contributed by atoms with van der Waals surface area (Å²) in [7, 11) is 0. The van der Waals surface area contributed by atoms with Gasteiger partial charge < -0.3 is 19.9 Å². The van der Waals surface area contributed by atoms with E-state index in [0.29, 0.717) is 30.4 Å². The van der Waals surface area contributed by atoms with Crippen LogP contribution in [0.2, 0.25) is 5.02 Å². The summed E-state index contributed by atoms with van der Waals surface area (Å²) in [6.07, 6.45) is 1.71. The molecule has 1 aliphatic rings. The third kappa shape index (κ3) is 7.05. The van der Waals surface area contributed by atoms with Gasteiger partial charge >= 0.3 is 6.03 Å². The molecule has 0 spiro atoms. The van der Waals surface area contributed by atoms with E-state index in [9.17, 15) is 9.59 Å². The van der Waals surface area contributed by atoms with E-state index in [-0.39, 0.29) is 30.4 Å². The molecule has 0 saturated carbocycles. The number of hydrogen-bond donors (Lipinski definition) is 1. The number of thiophene rings is 1. The van der Waals surface area contributed by atoms with Gasteiger partial charge in [0.05, 0.1) is 6.04 Å². The molecule has 2 aromatic carbocycles. The summed E-state index contributed by atoms with van der Waals surface area (Å²) in [6.45, 7) is 7.65. The van der Waals surface area contributed by atoms with Crippen LogP contribution in [0.15, 0.2) is 60.0 Å². The second kappa shape index (κ2) is 12.5. The first-order valence-corrected chi connectivity index (χ1v) is 14.0. The maximum Gasteiger partial charge on any atom is 0.322 e. The van der Waals surface area contributed by atoms with Gasteiger partial charge in [-0.3, -0.25) is 4.79 Å². The van der Waals surface area contributed by atoms with E-state index in [2.05, 4.69) is 30.6 Å². The number of urea groups is 1. The third-order valence-electron chi connectivity index (χ3n) is 6.76. The van der Waals surface area contributed by atoms with Crippen LogP contribution >= 0.6 is 22.9 Å². The van der Waals surface area contributed by atoms with Crippen molar-refractivity contribution in [3.05, 3.63) is 81.0 Å². The minimum atomic E-state index is -0.309. The molecule has 4 rings (SSSR count). The Morgan fingerprint density at radius 2 is 2.00 bits per heavy atom. The maximum atomic E-state index is 13.7. The molecule has 0 unspecified atom stereocenters. The van der Waals surface area contributed by atoms with Gasteiger partial charge in [-0.1, -0.05) is 55.6 Å². The van der Waals surface area contributed by atoms with Crippen molar-refractivity contribution >= 4 is 40.6 Å². The zero-order chi connectivity index (χ0) is 26.4. The van der Waals surface area contributed by atoms with Gasteiger partial charge in [-0.05, 0) is 66.6 Å². The number of aryl methyl sites for hydroxylation is 1. The smallest absolute Gasteiger partial charge is 0.322 e. The fourth-order valence-corrected chi connectivity index (χ4v) is 5.55. The predicted octanol–water partition coefficient (Wildman–Crippen LogP) is 6.79. The van der Waals surface area contributed by atoms with E-state index in [1.54, 1.807) is 40.5 Å². The lowest BCUT2D eigenvalue weighted by molar-refractivity contribution is -0.135. The molecule has 6 nitrogen and oxygen atoms in total. The predicted molar refractivity (Wildman–Crippen MR) is 151 cm³/mol. The van der Waals surface area contributed by atoms with Gasteiger partial charge in [0.2, 0.25) is 5.91 Å². The molecular formula is C29H34ClN3O3S. The van der Waals surface area contributed by atoms with E-state index in [1.165, 1.54) is 10.4 Å². The quantitative estimate of drug-likeness (QED) is 0.325. The molecule has 37 heavy (non-hydrogen) atoms. The number of fused-ring (bicyclic) bond motifs is 1. The summed E-state index contributed by atoms with van der Waals surface area (Å²) in [5.41, 5.74) is 2.90. The van der Waals surface area contributed by atoms with Gasteiger partial charge in [0.1, 0.15) is 18.9 Å². The molecule has 0 saturated heterocycles. The van der Waals surface area contributed by atoms with Gasteiger partial charge in [-0.2, -0.15) is 0 Å². The van der Waals surface area contributed by atoms with Crippen LogP contribution in [-0.2, 0) is 11.2 Å². The lowest BCUT2D eigenvalue weighted by atomic mass is 10.00. The molecule has 0 bridgehead atoms. The van der Waals surface area contributed by atoms with Crippen LogP contribution in [0, 0.1) is 12.8 Å². The van der Waals surface area contributed by atoms with Gasteiger partial charge in [-0.15, -0.1) is 11.3 Å². The molecule has 196 valence electrons. The molecule has 2 atom stereocenters. The van der Waals surface area contributed by atoms with Gasteiger partial charge in [-0.25, -0.2) is 4.79 Å². The molecule has 1 aromatic heterocycles. The Morgan fingerprint density at radius 1 is 1.22 bits per heavy atom. The second-order valence-corrected chi connectivity index (χ2v) is 11.0. The molecule has 3 amide bonds. The number of carbonyl (C=O) groups is 2. The van der Waals surface area contributed by atoms with E-state index in [0.717, 1.165) is 24.2 Å². The monoisotopic (exact) mass is 539 g/mol. The highest BCUT2D eigenvalue weighted by Gasteiger charge is 2.33. The zero-order valence-electron chi connectivity index (χ0n) is 21.6. The van der Waals surface area contributed by atoms with Crippen molar-refractivity contribution in [2.24, 2.45) is 5.92 Å². The van der Waals surface area contributed by atoms with Crippen LogP contribution in [0.25, 0.3) is 0 Å². The van der Waals surface area contributed by atoms with Crippen LogP contribution in [0.4, 0.5) is 10.5 Å². The summed E-state index contributed by atoms with van der Waals surface area (Å²) in [5.74, 6) is 0.946. The molecule has 1 N–H and O–H groups in total. The van der Waals surface area contributed by atoms with Crippen molar-refractivity contribution in [3.63, 3.8) is 0 Å². The van der Waals surface area contributed by atoms with Crippen molar-refractivity contribution in [1.82, 2.24) is 9.80 Å². The average Bonchev–Trinajstić information content (AvgIpc) is 3.37. The highest BCUT2D eigenvalue weighted by Crippen LogP contribution is 2.34. The van der Waals surface area contributed by atoms with Crippen molar-refractivity contribution in [1.29, 1.82) is 0 Å². The van der Waals surface area contributed by atoms with Crippen LogP contribution in [0.1, 0.15) is 42.3 Å². The summed E-state index contributed by atoms with van der Waals surface area (Å²) >= 11 is 7.81. The maximum absolute atomic E-state index is 13.7. The third-order valence-corrected chi connectivity index (χ3v) is 7.99. The number of hydrogen-bond acceptors (Lipinski definition) is 4. The first-order valence-electron chi connectivity index (χ1n) is 12.7. The highest BCUT2D eigenvalue weighted by atomic mass is 35.5. The van der Waals surface area contributed by atoms with Crippen LogP contribution < -0.4 is 10.1 Å². The van der Waals surface area contributed by atoms with E-state index >= 15 is 0 Å². The minimum absolute atomic E-state index is 0.00274. The fraction of sp³-hybridized carbons (Fsp3) is 0.379. The summed E-state index contributed by atoms with van der Waals surface area (Å²) in [6, 6.07) is 16.5. The molecule has 0 radical (unpaired) electrons. The Morgan fingerprint density at radius 3 is 2.73 bits per heavy atom. The Balaban J connectivity index is 1.50. The van der Waals surface area contributed by atoms with Gasteiger partial charge in [0.15, 0.2) is 0 Å².